The van der Waals surface area contributed by atoms with E-state index in [1.54, 1.807) is 42.5 Å². The Morgan fingerprint density at radius 3 is 2.28 bits per heavy atom. The summed E-state index contributed by atoms with van der Waals surface area (Å²) >= 11 is 0. The number of aromatic nitrogens is 2. The normalized spacial score (nSPS) is 11.8. The van der Waals surface area contributed by atoms with Crippen molar-refractivity contribution in [1.82, 2.24) is 9.78 Å². The fourth-order valence-corrected chi connectivity index (χ4v) is 4.01. The van der Waals surface area contributed by atoms with Crippen LogP contribution in [0.2, 0.25) is 0 Å². The van der Waals surface area contributed by atoms with Gasteiger partial charge in [-0.1, -0.05) is 54.6 Å². The number of benzene rings is 3. The van der Waals surface area contributed by atoms with Crippen LogP contribution in [0, 0.1) is 11.3 Å². The van der Waals surface area contributed by atoms with Crippen LogP contribution in [0.25, 0.3) is 5.69 Å². The van der Waals surface area contributed by atoms with Gasteiger partial charge >= 0.3 is 5.97 Å². The summed E-state index contributed by atoms with van der Waals surface area (Å²) in [4.78, 5) is 51.4. The SMILES string of the molecule is N#Cc1cnn(-c2ccccc2)c1NC(=O)COC(=O)c1cccc2c1C(=O)c1ccccc1C2=O. The molecule has 3 aromatic carbocycles. The number of hydrogen-bond donors (Lipinski definition) is 1. The quantitative estimate of drug-likeness (QED) is 0.385. The highest BCUT2D eigenvalue weighted by atomic mass is 16.5. The molecule has 9 nitrogen and oxygen atoms in total. The Labute approximate surface area is 204 Å². The van der Waals surface area contributed by atoms with Gasteiger partial charge in [0.15, 0.2) is 24.0 Å². The topological polar surface area (TPSA) is 131 Å². The van der Waals surface area contributed by atoms with Crippen molar-refractivity contribution < 1.29 is 23.9 Å². The molecule has 5 rings (SSSR count). The van der Waals surface area contributed by atoms with Crippen LogP contribution in [0.4, 0.5) is 5.82 Å². The molecule has 0 spiro atoms. The van der Waals surface area contributed by atoms with E-state index in [9.17, 15) is 24.4 Å². The van der Waals surface area contributed by atoms with E-state index in [2.05, 4.69) is 10.4 Å². The second kappa shape index (κ2) is 9.12. The Kier molecular flexibility index (Phi) is 5.68. The molecule has 1 N–H and O–H groups in total. The smallest absolute Gasteiger partial charge is 0.339 e. The van der Waals surface area contributed by atoms with Crippen LogP contribution in [0.15, 0.2) is 79.0 Å². The average Bonchev–Trinajstić information content (AvgIpc) is 3.32. The van der Waals surface area contributed by atoms with E-state index >= 15 is 0 Å². The number of ketones is 2. The molecular formula is C27H16N4O5. The molecule has 4 aromatic rings. The number of anilines is 1. The molecule has 0 fully saturated rings. The Hall–Kier alpha value is -5.36. The van der Waals surface area contributed by atoms with E-state index in [0.29, 0.717) is 5.69 Å². The first kappa shape index (κ1) is 22.4. The first-order chi connectivity index (χ1) is 17.5. The number of para-hydroxylation sites is 1. The first-order valence-corrected chi connectivity index (χ1v) is 10.8. The lowest BCUT2D eigenvalue weighted by Gasteiger charge is -2.19. The third-order valence-corrected chi connectivity index (χ3v) is 5.65. The van der Waals surface area contributed by atoms with Crippen molar-refractivity contribution >= 4 is 29.3 Å². The summed E-state index contributed by atoms with van der Waals surface area (Å²) in [5.41, 5.74) is 1.14. The minimum atomic E-state index is -0.931. The van der Waals surface area contributed by atoms with Crippen molar-refractivity contribution in [2.75, 3.05) is 11.9 Å². The second-order valence-corrected chi connectivity index (χ2v) is 7.82. The fourth-order valence-electron chi connectivity index (χ4n) is 4.01. The number of hydrogen-bond acceptors (Lipinski definition) is 7. The number of nitriles is 1. The minimum Gasteiger partial charge on any atom is -0.452 e. The largest absolute Gasteiger partial charge is 0.452 e. The van der Waals surface area contributed by atoms with E-state index < -0.39 is 24.3 Å². The molecule has 0 bridgehead atoms. The van der Waals surface area contributed by atoms with Crippen LogP contribution in [-0.2, 0) is 9.53 Å². The number of esters is 1. The van der Waals surface area contributed by atoms with Gasteiger partial charge in [-0.3, -0.25) is 14.4 Å². The van der Waals surface area contributed by atoms with Gasteiger partial charge < -0.3 is 10.1 Å². The van der Waals surface area contributed by atoms with Crippen LogP contribution >= 0.6 is 0 Å². The molecule has 0 radical (unpaired) electrons. The Balaban J connectivity index is 1.35. The predicted octanol–water partition coefficient (Wildman–Crippen LogP) is 3.31. The summed E-state index contributed by atoms with van der Waals surface area (Å²) in [5, 5.41) is 16.1. The van der Waals surface area contributed by atoms with Gasteiger partial charge in [0.2, 0.25) is 0 Å². The molecule has 1 aliphatic rings. The lowest BCUT2D eigenvalue weighted by Crippen LogP contribution is -2.26. The van der Waals surface area contributed by atoms with Gasteiger partial charge in [0.05, 0.1) is 17.4 Å². The number of rotatable bonds is 5. The number of carbonyl (C=O) groups excluding carboxylic acids is 4. The molecular weight excluding hydrogens is 460 g/mol. The minimum absolute atomic E-state index is 0.0551. The van der Waals surface area contributed by atoms with Gasteiger partial charge in [0.25, 0.3) is 5.91 Å². The second-order valence-electron chi connectivity index (χ2n) is 7.82. The number of nitrogens with one attached hydrogen (secondary N) is 1. The lowest BCUT2D eigenvalue weighted by atomic mass is 9.82. The van der Waals surface area contributed by atoms with Gasteiger partial charge in [-0.2, -0.15) is 10.4 Å². The summed E-state index contributed by atoms with van der Waals surface area (Å²) in [5.74, 6) is -2.36. The van der Waals surface area contributed by atoms with Gasteiger partial charge in [-0.25, -0.2) is 9.48 Å². The average molecular weight is 476 g/mol. The third-order valence-electron chi connectivity index (χ3n) is 5.65. The highest BCUT2D eigenvalue weighted by Crippen LogP contribution is 2.30. The number of fused-ring (bicyclic) bond motifs is 2. The summed E-state index contributed by atoms with van der Waals surface area (Å²) < 4.78 is 6.55. The molecule has 0 unspecified atom stereocenters. The standard InChI is InChI=1S/C27H16N4O5/c28-13-16-14-29-31(17-7-2-1-3-8-17)26(16)30-22(32)15-36-27(35)21-12-6-11-20-23(21)25(34)19-10-5-4-9-18(19)24(20)33/h1-12,14H,15H2,(H,30,32). The molecule has 1 heterocycles. The van der Waals surface area contributed by atoms with Gasteiger partial charge in [0, 0.05) is 22.3 Å². The number of carbonyl (C=O) groups is 4. The summed E-state index contributed by atoms with van der Waals surface area (Å²) in [6.45, 7) is -0.688. The molecule has 1 aromatic heterocycles. The molecule has 9 heteroatoms. The fraction of sp³-hybridized carbons (Fsp3) is 0.0370. The number of nitrogens with zero attached hydrogens (tertiary/aromatic N) is 3. The van der Waals surface area contributed by atoms with E-state index in [4.69, 9.17) is 4.74 Å². The maximum atomic E-state index is 13.1. The van der Waals surface area contributed by atoms with Gasteiger partial charge in [-0.15, -0.1) is 0 Å². The van der Waals surface area contributed by atoms with Crippen molar-refractivity contribution in [2.24, 2.45) is 0 Å². The summed E-state index contributed by atoms with van der Waals surface area (Å²) in [7, 11) is 0. The molecule has 174 valence electrons. The highest BCUT2D eigenvalue weighted by Gasteiger charge is 2.33. The zero-order valence-electron chi connectivity index (χ0n) is 18.6. The van der Waals surface area contributed by atoms with E-state index in [0.717, 1.165) is 0 Å². The van der Waals surface area contributed by atoms with Crippen LogP contribution in [-0.4, -0.2) is 39.8 Å². The van der Waals surface area contributed by atoms with E-state index in [1.807, 2.05) is 12.1 Å². The summed E-state index contributed by atoms with van der Waals surface area (Å²) in [6.07, 6.45) is 1.31. The van der Waals surface area contributed by atoms with Crippen molar-refractivity contribution in [2.45, 2.75) is 0 Å². The number of amides is 1. The van der Waals surface area contributed by atoms with Crippen LogP contribution in [0.5, 0.6) is 0 Å². The van der Waals surface area contributed by atoms with Crippen molar-refractivity contribution in [1.29, 1.82) is 5.26 Å². The molecule has 0 saturated carbocycles. The van der Waals surface area contributed by atoms with Crippen LogP contribution in [0.1, 0.15) is 47.8 Å². The highest BCUT2D eigenvalue weighted by molar-refractivity contribution is 6.30. The molecule has 36 heavy (non-hydrogen) atoms. The molecule has 0 saturated heterocycles. The maximum Gasteiger partial charge on any atom is 0.339 e. The summed E-state index contributed by atoms with van der Waals surface area (Å²) in [6, 6.07) is 21.5. The Morgan fingerprint density at radius 2 is 1.56 bits per heavy atom. The van der Waals surface area contributed by atoms with Crippen molar-refractivity contribution in [3.05, 3.63) is 112 Å². The zero-order chi connectivity index (χ0) is 25.2. The maximum absolute atomic E-state index is 13.1. The van der Waals surface area contributed by atoms with E-state index in [-0.39, 0.29) is 45.0 Å². The van der Waals surface area contributed by atoms with Gasteiger partial charge in [-0.05, 0) is 18.2 Å². The first-order valence-electron chi connectivity index (χ1n) is 10.8. The molecule has 1 aliphatic carbocycles. The van der Waals surface area contributed by atoms with Gasteiger partial charge in [0.1, 0.15) is 11.6 Å². The lowest BCUT2D eigenvalue weighted by molar-refractivity contribution is -0.119. The number of ether oxygens (including phenoxy) is 1. The molecule has 0 aliphatic heterocycles. The van der Waals surface area contributed by atoms with Crippen molar-refractivity contribution in [3.63, 3.8) is 0 Å². The Bertz CT molecular complexity index is 1600. The predicted molar refractivity (Wildman–Crippen MR) is 127 cm³/mol. The van der Waals surface area contributed by atoms with Crippen LogP contribution < -0.4 is 5.32 Å². The monoisotopic (exact) mass is 476 g/mol. The van der Waals surface area contributed by atoms with Crippen molar-refractivity contribution in [3.8, 4) is 11.8 Å². The van der Waals surface area contributed by atoms with E-state index in [1.165, 1.54) is 35.1 Å². The molecule has 0 atom stereocenters. The zero-order valence-corrected chi connectivity index (χ0v) is 18.6. The van der Waals surface area contributed by atoms with Crippen LogP contribution in [0.3, 0.4) is 0 Å². The molecule has 1 amide bonds. The Morgan fingerprint density at radius 1 is 0.889 bits per heavy atom. The third kappa shape index (κ3) is 3.82.